The van der Waals surface area contributed by atoms with Gasteiger partial charge in [-0.15, -0.1) is 11.3 Å². The number of hydrogen-bond donors (Lipinski definition) is 0. The molecule has 1 aromatic heterocycles. The highest BCUT2D eigenvalue weighted by Gasteiger charge is 2.55. The fraction of sp³-hybridized carbons (Fsp3) is 0.636. The van der Waals surface area contributed by atoms with Gasteiger partial charge >= 0.3 is 0 Å². The molecule has 4 saturated carbocycles. The van der Waals surface area contributed by atoms with Gasteiger partial charge in [-0.25, -0.2) is 0 Å². The lowest BCUT2D eigenvalue weighted by atomic mass is 9.49. The summed E-state index contributed by atoms with van der Waals surface area (Å²) in [5, 5.41) is 2.09. The van der Waals surface area contributed by atoms with Crippen LogP contribution < -0.4 is 9.47 Å². The summed E-state index contributed by atoms with van der Waals surface area (Å²) < 4.78 is 10.9. The summed E-state index contributed by atoms with van der Waals surface area (Å²) in [5.74, 6) is 4.08. The minimum Gasteiger partial charge on any atom is -0.493 e. The summed E-state index contributed by atoms with van der Waals surface area (Å²) >= 11 is 1.69. The highest BCUT2D eigenvalue weighted by Crippen LogP contribution is 2.60. The fourth-order valence-corrected chi connectivity index (χ4v) is 8.88. The third-order valence-electron chi connectivity index (χ3n) is 9.46. The van der Waals surface area contributed by atoms with Gasteiger partial charge in [0.05, 0.1) is 32.7 Å². The number of benzene rings is 1. The molecule has 0 radical (unpaired) electrons. The maximum absolute atomic E-state index is 14.3. The van der Waals surface area contributed by atoms with Crippen LogP contribution in [0.5, 0.6) is 11.5 Å². The van der Waals surface area contributed by atoms with Crippen molar-refractivity contribution < 1.29 is 19.1 Å². The van der Waals surface area contributed by atoms with Gasteiger partial charge in [-0.2, -0.15) is 0 Å². The van der Waals surface area contributed by atoms with E-state index in [1.807, 2.05) is 28.0 Å². The Balaban J connectivity index is 1.34. The van der Waals surface area contributed by atoms with Crippen molar-refractivity contribution in [3.63, 3.8) is 0 Å². The average molecular weight is 567 g/mol. The lowest BCUT2D eigenvalue weighted by Crippen LogP contribution is -2.56. The van der Waals surface area contributed by atoms with Crippen molar-refractivity contribution in [3.8, 4) is 11.5 Å². The number of carbonyl (C=O) groups excluding carboxylic acids is 2. The van der Waals surface area contributed by atoms with Crippen LogP contribution in [0.2, 0.25) is 0 Å². The Morgan fingerprint density at radius 1 is 0.975 bits per heavy atom. The minimum absolute atomic E-state index is 0.0343. The summed E-state index contributed by atoms with van der Waals surface area (Å²) in [5.41, 5.74) is 2.05. The van der Waals surface area contributed by atoms with Crippen molar-refractivity contribution in [1.82, 2.24) is 9.80 Å². The zero-order valence-corrected chi connectivity index (χ0v) is 25.7. The molecule has 0 saturated heterocycles. The molecular formula is C33H46N2O4S. The zero-order chi connectivity index (χ0) is 28.4. The zero-order valence-electron chi connectivity index (χ0n) is 24.9. The van der Waals surface area contributed by atoms with E-state index in [-0.39, 0.29) is 23.8 Å². The first-order chi connectivity index (χ1) is 19.2. The number of rotatable bonds is 12. The molecule has 4 aliphatic carbocycles. The number of aryl methyl sites for hydroxylation is 1. The van der Waals surface area contributed by atoms with Crippen molar-refractivity contribution in [2.75, 3.05) is 33.9 Å². The Kier molecular flexibility index (Phi) is 8.79. The van der Waals surface area contributed by atoms with E-state index in [0.717, 1.165) is 24.8 Å². The third-order valence-corrected chi connectivity index (χ3v) is 10.5. The number of ether oxygens (including phenoxy) is 2. The maximum Gasteiger partial charge on any atom is 0.242 e. The van der Waals surface area contributed by atoms with Gasteiger partial charge in [-0.3, -0.25) is 9.59 Å². The quantitative estimate of drug-likeness (QED) is 0.301. The van der Waals surface area contributed by atoms with Crippen molar-refractivity contribution in [3.05, 3.63) is 45.6 Å². The van der Waals surface area contributed by atoms with Crippen molar-refractivity contribution in [2.45, 2.75) is 72.3 Å². The van der Waals surface area contributed by atoms with Gasteiger partial charge in [0.25, 0.3) is 0 Å². The Hall–Kier alpha value is -2.54. The molecule has 0 spiro atoms. The predicted molar refractivity (Wildman–Crippen MR) is 160 cm³/mol. The summed E-state index contributed by atoms with van der Waals surface area (Å²) in [6.45, 7) is 8.33. The largest absolute Gasteiger partial charge is 0.493 e. The number of hydrogen-bond acceptors (Lipinski definition) is 5. The first-order valence-corrected chi connectivity index (χ1v) is 15.9. The molecule has 2 aromatic rings. The van der Waals surface area contributed by atoms with Crippen molar-refractivity contribution in [1.29, 1.82) is 0 Å². The van der Waals surface area contributed by atoms with Crippen LogP contribution in [0, 0.1) is 36.0 Å². The number of thiophene rings is 1. The molecule has 1 heterocycles. The Labute approximate surface area is 244 Å². The number of amides is 2. The van der Waals surface area contributed by atoms with Crippen LogP contribution in [0.25, 0.3) is 0 Å². The molecule has 4 fully saturated rings. The molecule has 0 unspecified atom stereocenters. The normalized spacial score (nSPS) is 24.8. The highest BCUT2D eigenvalue weighted by molar-refractivity contribution is 7.10. The smallest absolute Gasteiger partial charge is 0.242 e. The second-order valence-corrected chi connectivity index (χ2v) is 14.1. The number of nitrogens with zero attached hydrogens (tertiary/aromatic N) is 2. The molecule has 1 aromatic carbocycles. The molecule has 2 amide bonds. The molecule has 7 heteroatoms. The Bertz CT molecular complexity index is 1170. The fourth-order valence-electron chi connectivity index (χ4n) is 7.96. The van der Waals surface area contributed by atoms with Gasteiger partial charge < -0.3 is 19.3 Å². The van der Waals surface area contributed by atoms with E-state index < -0.39 is 0 Å². The molecule has 4 bridgehead atoms. The third kappa shape index (κ3) is 6.19. The van der Waals surface area contributed by atoms with Crippen LogP contribution in [0.3, 0.4) is 0 Å². The van der Waals surface area contributed by atoms with Gasteiger partial charge in [0.1, 0.15) is 0 Å². The Morgan fingerprint density at radius 2 is 1.62 bits per heavy atom. The van der Waals surface area contributed by atoms with Gasteiger partial charge in [0.15, 0.2) is 11.5 Å². The maximum atomic E-state index is 14.3. The first kappa shape index (κ1) is 29.0. The average Bonchev–Trinajstić information content (AvgIpc) is 3.32. The van der Waals surface area contributed by atoms with Gasteiger partial charge in [-0.05, 0) is 110 Å². The lowest BCUT2D eigenvalue weighted by molar-refractivity contribution is -0.160. The summed E-state index contributed by atoms with van der Waals surface area (Å²) in [4.78, 5) is 33.4. The molecule has 6 nitrogen and oxygen atoms in total. The summed E-state index contributed by atoms with van der Waals surface area (Å²) in [6.07, 6.45) is 7.69. The second-order valence-electron chi connectivity index (χ2n) is 13.1. The van der Waals surface area contributed by atoms with Crippen LogP contribution in [0.4, 0.5) is 0 Å². The second kappa shape index (κ2) is 12.1. The molecule has 0 atom stereocenters. The van der Waals surface area contributed by atoms with E-state index in [9.17, 15) is 9.59 Å². The van der Waals surface area contributed by atoms with E-state index in [1.54, 1.807) is 25.6 Å². The van der Waals surface area contributed by atoms with Gasteiger partial charge in [0.2, 0.25) is 11.8 Å². The van der Waals surface area contributed by atoms with Crippen molar-refractivity contribution >= 4 is 23.2 Å². The monoisotopic (exact) mass is 566 g/mol. The SMILES string of the molecule is COc1ccc(CCN(Cc2sccc2C)C(=O)CN(CC(C)C)C(=O)C23CC4CC(CC(C4)C2)C3)cc1OC. The van der Waals surface area contributed by atoms with Crippen LogP contribution >= 0.6 is 11.3 Å². The van der Waals surface area contributed by atoms with Crippen LogP contribution in [0.1, 0.15) is 68.4 Å². The lowest BCUT2D eigenvalue weighted by Gasteiger charge is -2.56. The van der Waals surface area contributed by atoms with E-state index >= 15 is 0 Å². The molecule has 6 rings (SSSR count). The van der Waals surface area contributed by atoms with Crippen LogP contribution in [-0.2, 0) is 22.6 Å². The minimum atomic E-state index is -0.237. The highest BCUT2D eigenvalue weighted by atomic mass is 32.1. The van der Waals surface area contributed by atoms with Gasteiger partial charge in [0, 0.05) is 18.0 Å². The molecule has 40 heavy (non-hydrogen) atoms. The van der Waals surface area contributed by atoms with Crippen LogP contribution in [-0.4, -0.2) is 55.5 Å². The van der Waals surface area contributed by atoms with E-state index in [2.05, 4.69) is 32.2 Å². The van der Waals surface area contributed by atoms with E-state index in [1.165, 1.54) is 29.7 Å². The number of methoxy groups -OCH3 is 2. The number of carbonyl (C=O) groups is 2. The summed E-state index contributed by atoms with van der Waals surface area (Å²) in [7, 11) is 3.27. The molecular weight excluding hydrogens is 520 g/mol. The topological polar surface area (TPSA) is 59.1 Å². The molecule has 0 aliphatic heterocycles. The van der Waals surface area contributed by atoms with E-state index in [0.29, 0.717) is 61.2 Å². The molecule has 4 aliphatic rings. The molecule has 0 N–H and O–H groups in total. The molecule has 218 valence electrons. The standard InChI is InChI=1S/C33H46N2O4S/c1-22(2)19-35(32(37)33-16-25-12-26(17-33)14-27(13-25)18-33)21-31(36)34(20-30-23(3)9-11-40-30)10-8-24-6-7-28(38-4)29(15-24)39-5/h6-7,9,11,15,22,25-27H,8,10,12-14,16-21H2,1-5H3. The summed E-state index contributed by atoms with van der Waals surface area (Å²) in [6, 6.07) is 8.04. The Morgan fingerprint density at radius 3 is 2.17 bits per heavy atom. The van der Waals surface area contributed by atoms with E-state index in [4.69, 9.17) is 9.47 Å². The predicted octanol–water partition coefficient (Wildman–Crippen LogP) is 6.35. The van der Waals surface area contributed by atoms with Crippen LogP contribution in [0.15, 0.2) is 29.6 Å². The van der Waals surface area contributed by atoms with Crippen molar-refractivity contribution in [2.24, 2.45) is 29.1 Å². The van der Waals surface area contributed by atoms with Gasteiger partial charge in [-0.1, -0.05) is 19.9 Å². The first-order valence-electron chi connectivity index (χ1n) is 15.0.